The van der Waals surface area contributed by atoms with Crippen LogP contribution in [0.5, 0.6) is 11.5 Å². The molecule has 0 radical (unpaired) electrons. The average molecular weight is 294 g/mol. The first-order chi connectivity index (χ1) is 9.51. The molecule has 1 atom stereocenters. The molecular formula is C16H17ClFNO. The zero-order valence-electron chi connectivity index (χ0n) is 11.7. The summed E-state index contributed by atoms with van der Waals surface area (Å²) in [4.78, 5) is 0. The van der Waals surface area contributed by atoms with Gasteiger partial charge in [0.1, 0.15) is 5.75 Å². The highest BCUT2D eigenvalue weighted by molar-refractivity contribution is 6.31. The van der Waals surface area contributed by atoms with Crippen molar-refractivity contribution < 1.29 is 9.13 Å². The van der Waals surface area contributed by atoms with Gasteiger partial charge in [0.15, 0.2) is 11.6 Å². The molecule has 20 heavy (non-hydrogen) atoms. The summed E-state index contributed by atoms with van der Waals surface area (Å²) in [6.07, 6.45) is 0. The van der Waals surface area contributed by atoms with Crippen molar-refractivity contribution in [1.82, 2.24) is 5.32 Å². The Hall–Kier alpha value is -1.58. The number of rotatable bonds is 4. The van der Waals surface area contributed by atoms with Crippen molar-refractivity contribution in [3.05, 3.63) is 58.4 Å². The van der Waals surface area contributed by atoms with E-state index in [9.17, 15) is 4.39 Å². The second-order valence-electron chi connectivity index (χ2n) is 4.71. The monoisotopic (exact) mass is 293 g/mol. The number of hydrogen-bond donors (Lipinski definition) is 1. The van der Waals surface area contributed by atoms with Crippen molar-refractivity contribution in [2.75, 3.05) is 7.05 Å². The van der Waals surface area contributed by atoms with Gasteiger partial charge in [-0.25, -0.2) is 4.39 Å². The van der Waals surface area contributed by atoms with Crippen LogP contribution >= 0.6 is 11.6 Å². The van der Waals surface area contributed by atoms with Crippen molar-refractivity contribution in [1.29, 1.82) is 0 Å². The van der Waals surface area contributed by atoms with Gasteiger partial charge in [-0.15, -0.1) is 0 Å². The lowest BCUT2D eigenvalue weighted by molar-refractivity contribution is 0.440. The maximum absolute atomic E-state index is 14.0. The molecule has 0 saturated carbocycles. The zero-order chi connectivity index (χ0) is 14.7. The molecule has 1 unspecified atom stereocenters. The third-order valence-electron chi connectivity index (χ3n) is 3.25. The van der Waals surface area contributed by atoms with Crippen LogP contribution < -0.4 is 10.1 Å². The van der Waals surface area contributed by atoms with Gasteiger partial charge in [0.05, 0.1) is 0 Å². The normalized spacial score (nSPS) is 12.2. The van der Waals surface area contributed by atoms with E-state index < -0.39 is 0 Å². The Morgan fingerprint density at radius 2 is 1.95 bits per heavy atom. The second kappa shape index (κ2) is 6.25. The second-order valence-corrected chi connectivity index (χ2v) is 5.12. The quantitative estimate of drug-likeness (QED) is 0.869. The van der Waals surface area contributed by atoms with Crippen LogP contribution in [-0.2, 0) is 0 Å². The van der Waals surface area contributed by atoms with Crippen molar-refractivity contribution in [3.63, 3.8) is 0 Å². The number of halogens is 2. The first-order valence-electron chi connectivity index (χ1n) is 6.42. The highest BCUT2D eigenvalue weighted by Crippen LogP contribution is 2.29. The van der Waals surface area contributed by atoms with Gasteiger partial charge in [-0.1, -0.05) is 17.7 Å². The van der Waals surface area contributed by atoms with Crippen molar-refractivity contribution in [2.24, 2.45) is 0 Å². The SMILES string of the molecule is CNC(C)c1ccc(Oc2ccc(Cl)c(C)c2)c(F)c1. The summed E-state index contributed by atoms with van der Waals surface area (Å²) < 4.78 is 19.6. The molecule has 4 heteroatoms. The lowest BCUT2D eigenvalue weighted by Gasteiger charge is -2.13. The highest BCUT2D eigenvalue weighted by atomic mass is 35.5. The van der Waals surface area contributed by atoms with Gasteiger partial charge in [-0.2, -0.15) is 0 Å². The fraction of sp³-hybridized carbons (Fsp3) is 0.250. The highest BCUT2D eigenvalue weighted by Gasteiger charge is 2.10. The molecule has 0 aliphatic carbocycles. The Balaban J connectivity index is 2.23. The van der Waals surface area contributed by atoms with E-state index in [-0.39, 0.29) is 17.6 Å². The lowest BCUT2D eigenvalue weighted by Crippen LogP contribution is -2.12. The summed E-state index contributed by atoms with van der Waals surface area (Å²) in [6.45, 7) is 3.85. The van der Waals surface area contributed by atoms with Crippen LogP contribution in [0.4, 0.5) is 4.39 Å². The van der Waals surface area contributed by atoms with E-state index >= 15 is 0 Å². The molecule has 0 fully saturated rings. The minimum absolute atomic E-state index is 0.0938. The van der Waals surface area contributed by atoms with E-state index in [1.54, 1.807) is 24.3 Å². The first-order valence-corrected chi connectivity index (χ1v) is 6.79. The van der Waals surface area contributed by atoms with Gasteiger partial charge >= 0.3 is 0 Å². The van der Waals surface area contributed by atoms with E-state index in [1.807, 2.05) is 27.0 Å². The minimum atomic E-state index is -0.378. The molecule has 2 rings (SSSR count). The van der Waals surface area contributed by atoms with Crippen molar-refractivity contribution >= 4 is 11.6 Å². The number of hydrogen-bond acceptors (Lipinski definition) is 2. The fourth-order valence-corrected chi connectivity index (χ4v) is 1.96. The number of ether oxygens (including phenoxy) is 1. The predicted octanol–water partition coefficient (Wildman–Crippen LogP) is 4.86. The van der Waals surface area contributed by atoms with E-state index in [2.05, 4.69) is 5.32 Å². The topological polar surface area (TPSA) is 21.3 Å². The molecule has 1 N–H and O–H groups in total. The van der Waals surface area contributed by atoms with E-state index in [4.69, 9.17) is 16.3 Å². The molecule has 0 bridgehead atoms. The number of benzene rings is 2. The molecule has 0 saturated heterocycles. The maximum atomic E-state index is 14.0. The molecule has 0 aliphatic rings. The van der Waals surface area contributed by atoms with Crippen LogP contribution in [0.2, 0.25) is 5.02 Å². The van der Waals surface area contributed by atoms with E-state index in [0.717, 1.165) is 11.1 Å². The van der Waals surface area contributed by atoms with Gasteiger partial charge in [0.2, 0.25) is 0 Å². The first kappa shape index (κ1) is 14.8. The Morgan fingerprint density at radius 1 is 1.20 bits per heavy atom. The Kier molecular flexibility index (Phi) is 4.63. The van der Waals surface area contributed by atoms with Gasteiger partial charge in [0.25, 0.3) is 0 Å². The molecular weight excluding hydrogens is 277 g/mol. The predicted molar refractivity (Wildman–Crippen MR) is 80.1 cm³/mol. The number of nitrogens with one attached hydrogen (secondary N) is 1. The van der Waals surface area contributed by atoms with Crippen LogP contribution in [0.1, 0.15) is 24.1 Å². The molecule has 0 heterocycles. The van der Waals surface area contributed by atoms with Gasteiger partial charge in [0, 0.05) is 11.1 Å². The Morgan fingerprint density at radius 3 is 2.55 bits per heavy atom. The van der Waals surface area contributed by atoms with Gasteiger partial charge in [-0.3, -0.25) is 0 Å². The van der Waals surface area contributed by atoms with Crippen LogP contribution in [0, 0.1) is 12.7 Å². The third kappa shape index (κ3) is 3.30. The van der Waals surface area contributed by atoms with Gasteiger partial charge in [-0.05, 0) is 62.4 Å². The van der Waals surface area contributed by atoms with Crippen LogP contribution in [0.3, 0.4) is 0 Å². The third-order valence-corrected chi connectivity index (χ3v) is 3.67. The van der Waals surface area contributed by atoms with E-state index in [0.29, 0.717) is 10.8 Å². The van der Waals surface area contributed by atoms with Crippen LogP contribution in [0.25, 0.3) is 0 Å². The van der Waals surface area contributed by atoms with Crippen LogP contribution in [-0.4, -0.2) is 7.05 Å². The van der Waals surface area contributed by atoms with E-state index in [1.165, 1.54) is 6.07 Å². The van der Waals surface area contributed by atoms with Crippen molar-refractivity contribution in [2.45, 2.75) is 19.9 Å². The molecule has 2 nitrogen and oxygen atoms in total. The summed E-state index contributed by atoms with van der Waals surface area (Å²) in [5.41, 5.74) is 1.77. The summed E-state index contributed by atoms with van der Waals surface area (Å²) in [5, 5.41) is 3.73. The molecule has 0 amide bonds. The molecule has 0 aliphatic heterocycles. The fourth-order valence-electron chi connectivity index (χ4n) is 1.84. The Bertz CT molecular complexity index is 615. The van der Waals surface area contributed by atoms with Crippen LogP contribution in [0.15, 0.2) is 36.4 Å². The van der Waals surface area contributed by atoms with Gasteiger partial charge < -0.3 is 10.1 Å². The standard InChI is InChI=1S/C16H17ClFNO/c1-10-8-13(5-6-14(10)17)20-16-7-4-12(9-15(16)18)11(2)19-3/h4-9,11,19H,1-3H3. The largest absolute Gasteiger partial charge is 0.454 e. The molecule has 2 aromatic rings. The minimum Gasteiger partial charge on any atom is -0.454 e. The smallest absolute Gasteiger partial charge is 0.166 e. The molecule has 0 spiro atoms. The zero-order valence-corrected chi connectivity index (χ0v) is 12.5. The average Bonchev–Trinajstić information content (AvgIpc) is 2.44. The molecule has 106 valence electrons. The summed E-state index contributed by atoms with van der Waals surface area (Å²) >= 11 is 5.95. The molecule has 0 aromatic heterocycles. The maximum Gasteiger partial charge on any atom is 0.166 e. The summed E-state index contributed by atoms with van der Waals surface area (Å²) in [7, 11) is 1.84. The lowest BCUT2D eigenvalue weighted by atomic mass is 10.1. The summed E-state index contributed by atoms with van der Waals surface area (Å²) in [6, 6.07) is 10.3. The number of aryl methyl sites for hydroxylation is 1. The Labute approximate surface area is 123 Å². The summed E-state index contributed by atoms with van der Waals surface area (Å²) in [5.74, 6) is 0.399. The molecule has 2 aromatic carbocycles. The van der Waals surface area contributed by atoms with Crippen molar-refractivity contribution in [3.8, 4) is 11.5 Å².